The van der Waals surface area contributed by atoms with Crippen molar-refractivity contribution in [3.63, 3.8) is 0 Å². The van der Waals surface area contributed by atoms with Gasteiger partial charge in [-0.1, -0.05) is 18.2 Å². The predicted octanol–water partition coefficient (Wildman–Crippen LogP) is 4.77. The summed E-state index contributed by atoms with van der Waals surface area (Å²) in [6.45, 7) is 7.88. The lowest BCUT2D eigenvalue weighted by Gasteiger charge is -2.25. The monoisotopic (exact) mass is 514 g/mol. The van der Waals surface area contributed by atoms with Crippen LogP contribution in [0.3, 0.4) is 0 Å². The van der Waals surface area contributed by atoms with E-state index in [4.69, 9.17) is 9.72 Å². The molecule has 202 valence electrons. The number of carboxylic acids is 1. The summed E-state index contributed by atoms with van der Waals surface area (Å²) in [5, 5.41) is 15.5. The Labute approximate surface area is 218 Å². The second kappa shape index (κ2) is 13.4. The van der Waals surface area contributed by atoms with Gasteiger partial charge in [0.15, 0.2) is 0 Å². The van der Waals surface area contributed by atoms with Crippen molar-refractivity contribution in [3.8, 4) is 0 Å². The van der Waals surface area contributed by atoms with E-state index in [9.17, 15) is 19.1 Å². The number of halogens is 1. The van der Waals surface area contributed by atoms with Crippen molar-refractivity contribution in [2.45, 2.75) is 77.5 Å². The molecule has 1 aromatic heterocycles. The van der Waals surface area contributed by atoms with E-state index in [2.05, 4.69) is 27.7 Å². The molecule has 3 rings (SSSR count). The minimum atomic E-state index is -1.11. The molecule has 3 N–H and O–H groups in total. The van der Waals surface area contributed by atoms with E-state index >= 15 is 0 Å². The van der Waals surface area contributed by atoms with Crippen LogP contribution in [0.2, 0.25) is 0 Å². The molecule has 0 saturated heterocycles. The summed E-state index contributed by atoms with van der Waals surface area (Å²) in [5.74, 6) is -0.409. The second-order valence-electron chi connectivity index (χ2n) is 10.5. The molecule has 37 heavy (non-hydrogen) atoms. The number of hydrogen-bond acceptors (Lipinski definition) is 6. The number of amides is 1. The molecule has 1 atom stereocenters. The first kappa shape index (κ1) is 28.4. The van der Waals surface area contributed by atoms with Crippen LogP contribution in [0.1, 0.15) is 63.3 Å². The molecule has 1 aromatic carbocycles. The molecule has 1 aliphatic heterocycles. The number of nitrogens with one attached hydrogen (secondary N) is 2. The van der Waals surface area contributed by atoms with Crippen molar-refractivity contribution in [1.29, 1.82) is 0 Å². The zero-order valence-corrected chi connectivity index (χ0v) is 22.1. The Kier molecular flexibility index (Phi) is 10.3. The number of benzene rings is 1. The highest BCUT2D eigenvalue weighted by Gasteiger charge is 2.24. The van der Waals surface area contributed by atoms with Gasteiger partial charge in [0.2, 0.25) is 0 Å². The molecule has 0 bridgehead atoms. The third kappa shape index (κ3) is 9.99. The number of pyridine rings is 1. The Morgan fingerprint density at radius 2 is 1.92 bits per heavy atom. The summed E-state index contributed by atoms with van der Waals surface area (Å²) >= 11 is 0. The number of unbranched alkanes of at least 4 members (excludes halogenated alkanes) is 1. The van der Waals surface area contributed by atoms with Crippen LogP contribution in [0, 0.1) is 5.82 Å². The van der Waals surface area contributed by atoms with Crippen LogP contribution in [-0.2, 0) is 28.9 Å². The van der Waals surface area contributed by atoms with Gasteiger partial charge >= 0.3 is 12.1 Å². The highest BCUT2D eigenvalue weighted by Crippen LogP contribution is 2.20. The number of aliphatic carboxylic acids is 1. The molecule has 2 aromatic rings. The maximum absolute atomic E-state index is 13.4. The van der Waals surface area contributed by atoms with E-state index in [1.54, 1.807) is 32.9 Å². The molecule has 0 spiro atoms. The molecule has 1 aliphatic rings. The molecule has 8 nitrogen and oxygen atoms in total. The number of carbonyl (C=O) groups is 2. The number of carbonyl (C=O) groups excluding carboxylic acids is 1. The van der Waals surface area contributed by atoms with Crippen molar-refractivity contribution >= 4 is 17.9 Å². The van der Waals surface area contributed by atoms with Crippen LogP contribution < -0.4 is 10.6 Å². The van der Waals surface area contributed by atoms with E-state index in [1.807, 2.05) is 0 Å². The Hall–Kier alpha value is -3.20. The minimum absolute atomic E-state index is 0.216. The highest BCUT2D eigenvalue weighted by atomic mass is 19.1. The van der Waals surface area contributed by atoms with Crippen LogP contribution in [0.25, 0.3) is 0 Å². The highest BCUT2D eigenvalue weighted by molar-refractivity contribution is 5.80. The van der Waals surface area contributed by atoms with E-state index in [0.29, 0.717) is 13.1 Å². The van der Waals surface area contributed by atoms with Crippen molar-refractivity contribution in [1.82, 2.24) is 15.2 Å². The average molecular weight is 515 g/mol. The maximum Gasteiger partial charge on any atom is 0.408 e. The van der Waals surface area contributed by atoms with Gasteiger partial charge in [-0.15, -0.1) is 0 Å². The first-order chi connectivity index (χ1) is 17.6. The van der Waals surface area contributed by atoms with Crippen molar-refractivity contribution < 1.29 is 23.8 Å². The SMILES string of the molecule is CC(C)(C)OC(=O)N[C@@H](CCN(CCCCc1ccc2c(n1)NCCC2)Cc1ccc(F)cc1)C(=O)O. The van der Waals surface area contributed by atoms with Crippen LogP contribution >= 0.6 is 0 Å². The number of nitrogens with zero attached hydrogens (tertiary/aromatic N) is 2. The third-order valence-corrected chi connectivity index (χ3v) is 6.15. The normalized spacial score (nSPS) is 14.0. The molecule has 0 aliphatic carbocycles. The number of rotatable bonds is 12. The molecule has 9 heteroatoms. The third-order valence-electron chi connectivity index (χ3n) is 6.15. The van der Waals surface area contributed by atoms with Gasteiger partial charge in [-0.3, -0.25) is 4.90 Å². The van der Waals surface area contributed by atoms with Gasteiger partial charge < -0.3 is 20.5 Å². The van der Waals surface area contributed by atoms with Gasteiger partial charge in [0, 0.05) is 25.3 Å². The smallest absolute Gasteiger partial charge is 0.408 e. The largest absolute Gasteiger partial charge is 0.480 e. The first-order valence-electron chi connectivity index (χ1n) is 13.0. The number of aryl methyl sites for hydroxylation is 2. The molecule has 0 radical (unpaired) electrons. The fraction of sp³-hybridized carbons (Fsp3) is 0.536. The van der Waals surface area contributed by atoms with Gasteiger partial charge in [0.25, 0.3) is 0 Å². The second-order valence-corrected chi connectivity index (χ2v) is 10.5. The quantitative estimate of drug-likeness (QED) is 0.351. The number of fused-ring (bicyclic) bond motifs is 1. The Bertz CT molecular complexity index is 1040. The lowest BCUT2D eigenvalue weighted by atomic mass is 10.1. The number of anilines is 1. The summed E-state index contributed by atoms with van der Waals surface area (Å²) in [7, 11) is 0. The number of hydrogen-bond donors (Lipinski definition) is 3. The standard InChI is InChI=1S/C28H39FN4O4/c1-28(2,3)37-27(36)32-24(26(34)35)15-18-33(19-20-9-12-22(29)13-10-20)17-5-4-8-23-14-11-21-7-6-16-30-25(21)31-23/h9-14,24H,4-8,15-19H2,1-3H3,(H,30,31)(H,32,36)(H,34,35)/t24-/m0/s1. The summed E-state index contributed by atoms with van der Waals surface area (Å²) in [6.07, 6.45) is 4.35. The van der Waals surface area contributed by atoms with Crippen LogP contribution in [0.15, 0.2) is 36.4 Å². The summed E-state index contributed by atoms with van der Waals surface area (Å²) in [4.78, 5) is 30.8. The summed E-state index contributed by atoms with van der Waals surface area (Å²) in [6, 6.07) is 9.51. The zero-order chi connectivity index (χ0) is 26.8. The Morgan fingerprint density at radius 1 is 1.16 bits per heavy atom. The number of alkyl carbamates (subject to hydrolysis) is 1. The van der Waals surface area contributed by atoms with Gasteiger partial charge in [-0.05, 0) is 95.2 Å². The maximum atomic E-state index is 13.4. The molecule has 2 heterocycles. The van der Waals surface area contributed by atoms with E-state index in [1.165, 1.54) is 17.7 Å². The molecule has 0 saturated carbocycles. The number of ether oxygens (including phenoxy) is 1. The van der Waals surface area contributed by atoms with Crippen LogP contribution in [0.4, 0.5) is 15.0 Å². The van der Waals surface area contributed by atoms with Gasteiger partial charge in [0.05, 0.1) is 0 Å². The summed E-state index contributed by atoms with van der Waals surface area (Å²) < 4.78 is 18.6. The van der Waals surface area contributed by atoms with Crippen molar-refractivity contribution in [3.05, 3.63) is 59.0 Å². The molecular weight excluding hydrogens is 475 g/mol. The van der Waals surface area contributed by atoms with E-state index in [0.717, 1.165) is 62.3 Å². The Balaban J connectivity index is 1.55. The fourth-order valence-corrected chi connectivity index (χ4v) is 4.29. The predicted molar refractivity (Wildman–Crippen MR) is 141 cm³/mol. The van der Waals surface area contributed by atoms with E-state index in [-0.39, 0.29) is 12.2 Å². The molecule has 1 amide bonds. The zero-order valence-electron chi connectivity index (χ0n) is 22.1. The lowest BCUT2D eigenvalue weighted by molar-refractivity contribution is -0.139. The Morgan fingerprint density at radius 3 is 2.62 bits per heavy atom. The number of aromatic nitrogens is 1. The van der Waals surface area contributed by atoms with E-state index < -0.39 is 23.7 Å². The van der Waals surface area contributed by atoms with Crippen molar-refractivity contribution in [2.75, 3.05) is 25.0 Å². The number of carboxylic acid groups (broad SMARTS) is 1. The summed E-state index contributed by atoms with van der Waals surface area (Å²) in [5.41, 5.74) is 2.56. The van der Waals surface area contributed by atoms with Crippen LogP contribution in [-0.4, -0.2) is 58.3 Å². The van der Waals surface area contributed by atoms with Gasteiger partial charge in [-0.25, -0.2) is 19.0 Å². The lowest BCUT2D eigenvalue weighted by Crippen LogP contribution is -2.45. The average Bonchev–Trinajstić information content (AvgIpc) is 2.84. The van der Waals surface area contributed by atoms with Gasteiger partial charge in [-0.2, -0.15) is 0 Å². The fourth-order valence-electron chi connectivity index (χ4n) is 4.29. The first-order valence-corrected chi connectivity index (χ1v) is 13.0. The topological polar surface area (TPSA) is 104 Å². The molecular formula is C28H39FN4O4. The minimum Gasteiger partial charge on any atom is -0.480 e. The molecule has 0 unspecified atom stereocenters. The van der Waals surface area contributed by atoms with Crippen molar-refractivity contribution in [2.24, 2.45) is 0 Å². The van der Waals surface area contributed by atoms with Crippen LogP contribution in [0.5, 0.6) is 0 Å². The van der Waals surface area contributed by atoms with Gasteiger partial charge in [0.1, 0.15) is 23.3 Å². The molecule has 0 fully saturated rings.